The standard InChI is InChI=1S/C18H20Cl2N2O3S2/c1-27(24,25)22(16-11-14(19)10-15(20)12-16)13-18(23)21-8-5-9-26-17-6-3-2-4-7-17/h2-4,6-7,10-12H,5,8-9,13H2,1H3,(H,21,23). The first-order chi connectivity index (χ1) is 12.8. The summed E-state index contributed by atoms with van der Waals surface area (Å²) in [5.74, 6) is 0.463. The Morgan fingerprint density at radius 1 is 1.11 bits per heavy atom. The van der Waals surface area contributed by atoms with Gasteiger partial charge >= 0.3 is 0 Å². The summed E-state index contributed by atoms with van der Waals surface area (Å²) in [4.78, 5) is 13.4. The third-order valence-corrected chi connectivity index (χ3v) is 6.15. The Morgan fingerprint density at radius 2 is 1.74 bits per heavy atom. The Bertz CT molecular complexity index is 857. The van der Waals surface area contributed by atoms with Gasteiger partial charge in [0.2, 0.25) is 15.9 Å². The molecule has 146 valence electrons. The van der Waals surface area contributed by atoms with Gasteiger partial charge in [-0.2, -0.15) is 0 Å². The van der Waals surface area contributed by atoms with E-state index in [1.54, 1.807) is 11.8 Å². The molecule has 0 bridgehead atoms. The van der Waals surface area contributed by atoms with Crippen LogP contribution in [0, 0.1) is 0 Å². The first kappa shape index (κ1) is 21.9. The molecular formula is C18H20Cl2N2O3S2. The van der Waals surface area contributed by atoms with Gasteiger partial charge in [-0.3, -0.25) is 9.10 Å². The normalized spacial score (nSPS) is 11.2. The van der Waals surface area contributed by atoms with Crippen molar-refractivity contribution in [1.82, 2.24) is 5.32 Å². The van der Waals surface area contributed by atoms with Crippen LogP contribution in [0.5, 0.6) is 0 Å². The highest BCUT2D eigenvalue weighted by Gasteiger charge is 2.21. The zero-order chi connectivity index (χ0) is 19.9. The van der Waals surface area contributed by atoms with Gasteiger partial charge in [0.15, 0.2) is 0 Å². The lowest BCUT2D eigenvalue weighted by Crippen LogP contribution is -2.40. The third kappa shape index (κ3) is 7.62. The van der Waals surface area contributed by atoms with Crippen LogP contribution in [-0.4, -0.2) is 39.4 Å². The molecule has 0 heterocycles. The molecule has 1 amide bonds. The number of rotatable bonds is 9. The molecule has 2 aromatic carbocycles. The van der Waals surface area contributed by atoms with Gasteiger partial charge in [0, 0.05) is 21.5 Å². The first-order valence-electron chi connectivity index (χ1n) is 8.14. The summed E-state index contributed by atoms with van der Waals surface area (Å²) >= 11 is 13.6. The third-order valence-electron chi connectivity index (χ3n) is 3.48. The van der Waals surface area contributed by atoms with Crippen molar-refractivity contribution in [3.63, 3.8) is 0 Å². The number of benzene rings is 2. The minimum Gasteiger partial charge on any atom is -0.354 e. The van der Waals surface area contributed by atoms with Crippen LogP contribution in [0.2, 0.25) is 10.0 Å². The molecule has 0 atom stereocenters. The molecular weight excluding hydrogens is 427 g/mol. The van der Waals surface area contributed by atoms with E-state index in [-0.39, 0.29) is 18.1 Å². The highest BCUT2D eigenvalue weighted by molar-refractivity contribution is 7.99. The van der Waals surface area contributed by atoms with Crippen molar-refractivity contribution in [2.75, 3.05) is 29.4 Å². The van der Waals surface area contributed by atoms with E-state index in [1.165, 1.54) is 23.1 Å². The van der Waals surface area contributed by atoms with Crippen LogP contribution >= 0.6 is 35.0 Å². The van der Waals surface area contributed by atoms with Crippen LogP contribution < -0.4 is 9.62 Å². The second-order valence-electron chi connectivity index (χ2n) is 5.76. The molecule has 5 nitrogen and oxygen atoms in total. The smallest absolute Gasteiger partial charge is 0.240 e. The maximum Gasteiger partial charge on any atom is 0.240 e. The Hall–Kier alpha value is -1.41. The number of anilines is 1. The van der Waals surface area contributed by atoms with E-state index in [0.29, 0.717) is 16.6 Å². The molecule has 0 saturated heterocycles. The van der Waals surface area contributed by atoms with Crippen LogP contribution in [0.3, 0.4) is 0 Å². The number of amides is 1. The van der Waals surface area contributed by atoms with E-state index in [9.17, 15) is 13.2 Å². The molecule has 0 aromatic heterocycles. The number of hydrogen-bond acceptors (Lipinski definition) is 4. The van der Waals surface area contributed by atoms with E-state index >= 15 is 0 Å². The summed E-state index contributed by atoms with van der Waals surface area (Å²) in [6.45, 7) is 0.133. The number of halogens is 2. The summed E-state index contributed by atoms with van der Waals surface area (Å²) in [6, 6.07) is 14.4. The molecule has 0 fully saturated rings. The summed E-state index contributed by atoms with van der Waals surface area (Å²) in [5, 5.41) is 3.34. The maximum atomic E-state index is 12.2. The Labute approximate surface area is 174 Å². The van der Waals surface area contributed by atoms with Crippen LogP contribution in [0.4, 0.5) is 5.69 Å². The van der Waals surface area contributed by atoms with Crippen molar-refractivity contribution < 1.29 is 13.2 Å². The Kier molecular flexibility index (Phi) is 8.28. The van der Waals surface area contributed by atoms with Crippen molar-refractivity contribution >= 4 is 56.6 Å². The summed E-state index contributed by atoms with van der Waals surface area (Å²) in [5.41, 5.74) is 0.254. The summed E-state index contributed by atoms with van der Waals surface area (Å²) in [6.07, 6.45) is 1.80. The molecule has 1 N–H and O–H groups in total. The van der Waals surface area contributed by atoms with Gasteiger partial charge in [0.25, 0.3) is 0 Å². The van der Waals surface area contributed by atoms with E-state index in [0.717, 1.165) is 22.7 Å². The highest BCUT2D eigenvalue weighted by Crippen LogP contribution is 2.26. The largest absolute Gasteiger partial charge is 0.354 e. The first-order valence-corrected chi connectivity index (χ1v) is 11.7. The number of carbonyl (C=O) groups excluding carboxylic acids is 1. The van der Waals surface area contributed by atoms with Crippen LogP contribution in [0.25, 0.3) is 0 Å². The molecule has 0 unspecified atom stereocenters. The van der Waals surface area contributed by atoms with Crippen molar-refractivity contribution in [2.45, 2.75) is 11.3 Å². The average molecular weight is 447 g/mol. The van der Waals surface area contributed by atoms with Gasteiger partial charge in [-0.15, -0.1) is 11.8 Å². The van der Waals surface area contributed by atoms with E-state index in [1.807, 2.05) is 30.3 Å². The molecule has 0 aliphatic rings. The molecule has 9 heteroatoms. The Morgan fingerprint density at radius 3 is 2.33 bits per heavy atom. The predicted octanol–water partition coefficient (Wildman–Crippen LogP) is 4.06. The topological polar surface area (TPSA) is 66.5 Å². The molecule has 0 aliphatic heterocycles. The molecule has 2 rings (SSSR count). The van der Waals surface area contributed by atoms with Crippen molar-refractivity contribution in [1.29, 1.82) is 0 Å². The fourth-order valence-corrected chi connectivity index (χ4v) is 4.50. The van der Waals surface area contributed by atoms with Crippen LogP contribution in [0.1, 0.15) is 6.42 Å². The maximum absolute atomic E-state index is 12.2. The molecule has 2 aromatic rings. The molecule has 0 radical (unpaired) electrons. The minimum absolute atomic E-state index is 0.254. The number of sulfonamides is 1. The predicted molar refractivity (Wildman–Crippen MR) is 113 cm³/mol. The van der Waals surface area contributed by atoms with Gasteiger partial charge in [-0.1, -0.05) is 41.4 Å². The monoisotopic (exact) mass is 446 g/mol. The van der Waals surface area contributed by atoms with Gasteiger partial charge in [0.05, 0.1) is 11.9 Å². The lowest BCUT2D eigenvalue weighted by molar-refractivity contribution is -0.119. The minimum atomic E-state index is -3.67. The number of carbonyl (C=O) groups is 1. The van der Waals surface area contributed by atoms with E-state index in [2.05, 4.69) is 5.32 Å². The summed E-state index contributed by atoms with van der Waals surface area (Å²) < 4.78 is 25.1. The second-order valence-corrected chi connectivity index (χ2v) is 9.71. The molecule has 27 heavy (non-hydrogen) atoms. The van der Waals surface area contributed by atoms with Crippen molar-refractivity contribution in [2.24, 2.45) is 0 Å². The molecule has 0 spiro atoms. The fourth-order valence-electron chi connectivity index (χ4n) is 2.28. The zero-order valence-corrected chi connectivity index (χ0v) is 17.8. The van der Waals surface area contributed by atoms with Gasteiger partial charge in [0.1, 0.15) is 6.54 Å². The quantitative estimate of drug-likeness (QED) is 0.465. The highest BCUT2D eigenvalue weighted by atomic mass is 35.5. The van der Waals surface area contributed by atoms with E-state index in [4.69, 9.17) is 23.2 Å². The van der Waals surface area contributed by atoms with E-state index < -0.39 is 10.0 Å². The SMILES string of the molecule is CS(=O)(=O)N(CC(=O)NCCCSc1ccccc1)c1cc(Cl)cc(Cl)c1. The lowest BCUT2D eigenvalue weighted by Gasteiger charge is -2.22. The number of nitrogens with one attached hydrogen (secondary N) is 1. The van der Waals surface area contributed by atoms with Crippen molar-refractivity contribution in [3.8, 4) is 0 Å². The lowest BCUT2D eigenvalue weighted by atomic mass is 10.3. The van der Waals surface area contributed by atoms with Gasteiger partial charge in [-0.05, 0) is 42.5 Å². The van der Waals surface area contributed by atoms with Crippen molar-refractivity contribution in [3.05, 3.63) is 58.6 Å². The van der Waals surface area contributed by atoms with Crippen LogP contribution in [0.15, 0.2) is 53.4 Å². The van der Waals surface area contributed by atoms with Gasteiger partial charge < -0.3 is 5.32 Å². The summed E-state index contributed by atoms with van der Waals surface area (Å²) in [7, 11) is -3.67. The number of hydrogen-bond donors (Lipinski definition) is 1. The Balaban J connectivity index is 1.87. The van der Waals surface area contributed by atoms with Crippen LogP contribution in [-0.2, 0) is 14.8 Å². The number of nitrogens with zero attached hydrogens (tertiary/aromatic N) is 1. The van der Waals surface area contributed by atoms with Gasteiger partial charge in [-0.25, -0.2) is 8.42 Å². The fraction of sp³-hybridized carbons (Fsp3) is 0.278. The average Bonchev–Trinajstić information content (AvgIpc) is 2.58. The molecule has 0 saturated carbocycles. The molecule has 0 aliphatic carbocycles. The second kappa shape index (κ2) is 10.2. The zero-order valence-electron chi connectivity index (χ0n) is 14.7. The number of thioether (sulfide) groups is 1.